The van der Waals surface area contributed by atoms with Crippen LogP contribution in [0, 0.1) is 5.92 Å². The van der Waals surface area contributed by atoms with Crippen molar-refractivity contribution in [2.24, 2.45) is 5.92 Å². The fourth-order valence-electron chi connectivity index (χ4n) is 2.03. The molecule has 0 saturated heterocycles. The summed E-state index contributed by atoms with van der Waals surface area (Å²) in [4.78, 5) is 0. The van der Waals surface area contributed by atoms with E-state index in [0.29, 0.717) is 0 Å². The molecule has 0 spiro atoms. The third-order valence-electron chi connectivity index (χ3n) is 2.86. The molecule has 0 aromatic rings. The molecule has 1 aliphatic rings. The molecule has 0 aromatic heterocycles. The van der Waals surface area contributed by atoms with Crippen molar-refractivity contribution in [2.75, 3.05) is 0 Å². The van der Waals surface area contributed by atoms with Gasteiger partial charge >= 0.3 is 0 Å². The largest absolute Gasteiger partial charge is 0.461 e. The number of hydrogen-bond donors (Lipinski definition) is 0. The molecule has 0 N–H and O–H groups in total. The van der Waals surface area contributed by atoms with E-state index in [1.54, 1.807) is 0 Å². The van der Waals surface area contributed by atoms with E-state index in [1.807, 2.05) is 0 Å². The van der Waals surface area contributed by atoms with Crippen LogP contribution >= 0.6 is 0 Å². The molecular weight excluding hydrogens is 168 g/mol. The lowest BCUT2D eigenvalue weighted by Gasteiger charge is -2.22. The molecule has 66 valence electrons. The van der Waals surface area contributed by atoms with Gasteiger partial charge in [0.05, 0.1) is 0 Å². The standard InChI is InChI=1S/C8H20OSi2/c1-5-7-6-8(7)11(3,4)9-10-2/h7-8H,5-6,10H2,1-4H3. The maximum Gasteiger partial charge on any atom is 0.176 e. The molecule has 0 amide bonds. The Kier molecular flexibility index (Phi) is 2.94. The average molecular weight is 188 g/mol. The van der Waals surface area contributed by atoms with Crippen LogP contribution in [-0.4, -0.2) is 18.1 Å². The van der Waals surface area contributed by atoms with Crippen LogP contribution in [0.4, 0.5) is 0 Å². The monoisotopic (exact) mass is 188 g/mol. The molecule has 3 heteroatoms. The van der Waals surface area contributed by atoms with E-state index in [9.17, 15) is 0 Å². The van der Waals surface area contributed by atoms with Gasteiger partial charge in [0, 0.05) is 0 Å². The number of hydrogen-bond acceptors (Lipinski definition) is 1. The molecule has 0 aromatic carbocycles. The maximum atomic E-state index is 5.96. The Morgan fingerprint density at radius 2 is 2.18 bits per heavy atom. The Morgan fingerprint density at radius 1 is 1.55 bits per heavy atom. The Labute approximate surface area is 73.6 Å². The summed E-state index contributed by atoms with van der Waals surface area (Å²) in [6.07, 6.45) is 2.83. The van der Waals surface area contributed by atoms with Crippen molar-refractivity contribution in [1.29, 1.82) is 0 Å². The van der Waals surface area contributed by atoms with Gasteiger partial charge in [-0.1, -0.05) is 19.9 Å². The summed E-state index contributed by atoms with van der Waals surface area (Å²) in [5.41, 5.74) is 1.000. The molecular formula is C8H20OSi2. The molecule has 0 aliphatic heterocycles. The predicted molar refractivity (Wildman–Crippen MR) is 55.1 cm³/mol. The van der Waals surface area contributed by atoms with Gasteiger partial charge in [-0.3, -0.25) is 0 Å². The summed E-state index contributed by atoms with van der Waals surface area (Å²) in [5.74, 6) is 1.03. The van der Waals surface area contributed by atoms with Crippen molar-refractivity contribution >= 4 is 18.1 Å². The number of rotatable bonds is 4. The lowest BCUT2D eigenvalue weighted by Crippen LogP contribution is -2.32. The molecule has 1 rings (SSSR count). The van der Waals surface area contributed by atoms with Crippen molar-refractivity contribution in [3.63, 3.8) is 0 Å². The van der Waals surface area contributed by atoms with E-state index < -0.39 is 8.32 Å². The van der Waals surface area contributed by atoms with Crippen LogP contribution < -0.4 is 0 Å². The van der Waals surface area contributed by atoms with E-state index in [4.69, 9.17) is 4.12 Å². The van der Waals surface area contributed by atoms with Gasteiger partial charge in [-0.15, -0.1) is 0 Å². The predicted octanol–water partition coefficient (Wildman–Crippen LogP) is 2.14. The first-order valence-electron chi connectivity index (χ1n) is 4.75. The smallest absolute Gasteiger partial charge is 0.176 e. The van der Waals surface area contributed by atoms with Crippen molar-refractivity contribution in [3.8, 4) is 0 Å². The Balaban J connectivity index is 2.35. The lowest BCUT2D eigenvalue weighted by atomic mass is 10.3. The SMILES string of the molecule is CCC1CC1[Si](C)(C)O[SiH2]C. The fourth-order valence-corrected chi connectivity index (χ4v) is 8.10. The van der Waals surface area contributed by atoms with Crippen LogP contribution in [0.2, 0.25) is 25.2 Å². The van der Waals surface area contributed by atoms with Crippen LogP contribution in [0.5, 0.6) is 0 Å². The highest BCUT2D eigenvalue weighted by molar-refractivity contribution is 6.77. The molecule has 1 fully saturated rings. The van der Waals surface area contributed by atoms with Crippen LogP contribution in [0.1, 0.15) is 19.8 Å². The minimum Gasteiger partial charge on any atom is -0.461 e. The van der Waals surface area contributed by atoms with Gasteiger partial charge in [0.15, 0.2) is 8.32 Å². The zero-order valence-electron chi connectivity index (χ0n) is 8.18. The van der Waals surface area contributed by atoms with Gasteiger partial charge in [0.1, 0.15) is 9.76 Å². The van der Waals surface area contributed by atoms with Gasteiger partial charge in [0.2, 0.25) is 0 Å². The molecule has 0 bridgehead atoms. The second kappa shape index (κ2) is 3.41. The first-order chi connectivity index (χ1) is 5.11. The van der Waals surface area contributed by atoms with Crippen molar-refractivity contribution < 1.29 is 4.12 Å². The maximum absolute atomic E-state index is 5.96. The van der Waals surface area contributed by atoms with Gasteiger partial charge in [-0.2, -0.15) is 0 Å². The summed E-state index contributed by atoms with van der Waals surface area (Å²) >= 11 is 0. The zero-order valence-corrected chi connectivity index (χ0v) is 10.6. The van der Waals surface area contributed by atoms with Gasteiger partial charge in [0.25, 0.3) is 0 Å². The highest BCUT2D eigenvalue weighted by Crippen LogP contribution is 2.53. The molecule has 1 nitrogen and oxygen atoms in total. The van der Waals surface area contributed by atoms with Crippen LogP contribution in [0.3, 0.4) is 0 Å². The second-order valence-corrected chi connectivity index (χ2v) is 9.73. The molecule has 0 radical (unpaired) electrons. The Bertz CT molecular complexity index is 136. The second-order valence-electron chi connectivity index (χ2n) is 4.05. The summed E-state index contributed by atoms with van der Waals surface area (Å²) in [6, 6.07) is 0. The van der Waals surface area contributed by atoms with Crippen molar-refractivity contribution in [3.05, 3.63) is 0 Å². The fraction of sp³-hybridized carbons (Fsp3) is 1.00. The van der Waals surface area contributed by atoms with E-state index in [-0.39, 0.29) is 9.76 Å². The minimum atomic E-state index is -1.19. The topological polar surface area (TPSA) is 9.23 Å². The normalized spacial score (nSPS) is 31.6. The van der Waals surface area contributed by atoms with Crippen LogP contribution in [-0.2, 0) is 4.12 Å². The van der Waals surface area contributed by atoms with Crippen LogP contribution in [0.25, 0.3) is 0 Å². The third-order valence-corrected chi connectivity index (χ3v) is 9.48. The minimum absolute atomic E-state index is 0.162. The zero-order chi connectivity index (χ0) is 8.48. The first kappa shape index (κ1) is 9.48. The highest BCUT2D eigenvalue weighted by Gasteiger charge is 2.48. The van der Waals surface area contributed by atoms with Crippen molar-refractivity contribution in [2.45, 2.75) is 44.9 Å². The Morgan fingerprint density at radius 3 is 2.55 bits per heavy atom. The molecule has 2 atom stereocenters. The van der Waals surface area contributed by atoms with Gasteiger partial charge in [-0.05, 0) is 31.0 Å². The first-order valence-corrected chi connectivity index (χ1v) is 9.73. The summed E-state index contributed by atoms with van der Waals surface area (Å²) < 4.78 is 5.96. The third kappa shape index (κ3) is 2.16. The van der Waals surface area contributed by atoms with Gasteiger partial charge < -0.3 is 4.12 Å². The molecule has 1 aliphatic carbocycles. The summed E-state index contributed by atoms with van der Waals surface area (Å²) in [5, 5.41) is 0. The lowest BCUT2D eigenvalue weighted by molar-refractivity contribution is 0.580. The highest BCUT2D eigenvalue weighted by atomic mass is 28.4. The molecule has 0 heterocycles. The van der Waals surface area contributed by atoms with E-state index in [0.717, 1.165) is 11.5 Å². The summed E-state index contributed by atoms with van der Waals surface area (Å²) in [7, 11) is -1.35. The average Bonchev–Trinajstić information content (AvgIpc) is 2.65. The van der Waals surface area contributed by atoms with E-state index >= 15 is 0 Å². The van der Waals surface area contributed by atoms with Gasteiger partial charge in [-0.25, -0.2) is 0 Å². The Hall–Kier alpha value is 0.394. The quantitative estimate of drug-likeness (QED) is 0.614. The van der Waals surface area contributed by atoms with E-state index in [1.165, 1.54) is 12.8 Å². The molecule has 1 saturated carbocycles. The van der Waals surface area contributed by atoms with Crippen LogP contribution in [0.15, 0.2) is 0 Å². The summed E-state index contributed by atoms with van der Waals surface area (Å²) in [6.45, 7) is 9.34. The molecule has 2 unspecified atom stereocenters. The molecule has 11 heavy (non-hydrogen) atoms. The van der Waals surface area contributed by atoms with Crippen molar-refractivity contribution in [1.82, 2.24) is 0 Å². The van der Waals surface area contributed by atoms with E-state index in [2.05, 4.69) is 26.6 Å².